The van der Waals surface area contributed by atoms with Crippen molar-refractivity contribution >= 4 is 29.7 Å². The smallest absolute Gasteiger partial charge is 0.326 e. The summed E-state index contributed by atoms with van der Waals surface area (Å²) >= 11 is 0. The van der Waals surface area contributed by atoms with E-state index in [4.69, 9.17) is 22.3 Å². The first-order valence-corrected chi connectivity index (χ1v) is 12.6. The summed E-state index contributed by atoms with van der Waals surface area (Å²) in [4.78, 5) is 68.1. The third-order valence-electron chi connectivity index (χ3n) is 5.76. The van der Waals surface area contributed by atoms with Crippen LogP contribution >= 0.6 is 0 Å². The van der Waals surface area contributed by atoms with Crippen LogP contribution in [0.3, 0.4) is 0 Å². The van der Waals surface area contributed by atoms with Crippen molar-refractivity contribution in [3.8, 4) is 0 Å². The molecule has 0 aliphatic rings. The number of aromatic nitrogens is 2. The Bertz CT molecular complexity index is 896. The molecule has 4 atom stereocenters. The highest BCUT2D eigenvalue weighted by Crippen LogP contribution is 2.07. The van der Waals surface area contributed by atoms with Crippen molar-refractivity contribution in [1.82, 2.24) is 25.9 Å². The molecular formula is C23H40N8O7. The van der Waals surface area contributed by atoms with Gasteiger partial charge in [0, 0.05) is 24.7 Å². The molecule has 0 aromatic carbocycles. The van der Waals surface area contributed by atoms with Gasteiger partial charge in [0.25, 0.3) is 0 Å². The number of unbranched alkanes of at least 4 members (excludes halogenated alkanes) is 2. The van der Waals surface area contributed by atoms with E-state index in [0.717, 1.165) is 0 Å². The summed E-state index contributed by atoms with van der Waals surface area (Å²) < 4.78 is 0. The minimum atomic E-state index is -1.30. The highest BCUT2D eigenvalue weighted by Gasteiger charge is 2.30. The van der Waals surface area contributed by atoms with Crippen LogP contribution in [0, 0.1) is 0 Å². The number of hydrogen-bond acceptors (Lipinski definition) is 9. The van der Waals surface area contributed by atoms with Gasteiger partial charge in [-0.05, 0) is 51.6 Å². The van der Waals surface area contributed by atoms with Crippen LogP contribution in [0.5, 0.6) is 0 Å². The Kier molecular flexibility index (Phi) is 15.2. The van der Waals surface area contributed by atoms with Crippen LogP contribution in [0.4, 0.5) is 0 Å². The number of carboxylic acid groups (broad SMARTS) is 2. The van der Waals surface area contributed by atoms with E-state index in [9.17, 15) is 29.1 Å². The highest BCUT2D eigenvalue weighted by molar-refractivity contribution is 5.94. The van der Waals surface area contributed by atoms with E-state index in [0.29, 0.717) is 50.9 Å². The molecule has 1 rings (SSSR count). The van der Waals surface area contributed by atoms with Crippen LogP contribution < -0.4 is 33.2 Å². The molecule has 0 radical (unpaired) electrons. The van der Waals surface area contributed by atoms with Crippen molar-refractivity contribution in [2.24, 2.45) is 17.2 Å². The normalized spacial score (nSPS) is 14.1. The van der Waals surface area contributed by atoms with Crippen LogP contribution in [0.2, 0.25) is 0 Å². The number of imidazole rings is 1. The molecule has 0 bridgehead atoms. The lowest BCUT2D eigenvalue weighted by molar-refractivity contribution is -0.142. The van der Waals surface area contributed by atoms with Crippen molar-refractivity contribution in [2.75, 3.05) is 13.1 Å². The number of carboxylic acids is 2. The van der Waals surface area contributed by atoms with E-state index < -0.39 is 60.2 Å². The molecular weight excluding hydrogens is 500 g/mol. The number of hydrogen-bond donors (Lipinski definition) is 9. The van der Waals surface area contributed by atoms with Gasteiger partial charge in [-0.25, -0.2) is 9.78 Å². The lowest BCUT2D eigenvalue weighted by Gasteiger charge is -2.25. The highest BCUT2D eigenvalue weighted by atomic mass is 16.4. The number of H-pyrrole nitrogens is 1. The second-order valence-corrected chi connectivity index (χ2v) is 8.91. The van der Waals surface area contributed by atoms with Gasteiger partial charge in [0.2, 0.25) is 17.7 Å². The summed E-state index contributed by atoms with van der Waals surface area (Å²) in [7, 11) is 0. The van der Waals surface area contributed by atoms with Crippen LogP contribution in [-0.4, -0.2) is 87.1 Å². The summed E-state index contributed by atoms with van der Waals surface area (Å²) in [6.07, 6.45) is 4.82. The van der Waals surface area contributed by atoms with Gasteiger partial charge in [0.05, 0.1) is 12.4 Å². The molecule has 0 aliphatic carbocycles. The van der Waals surface area contributed by atoms with Gasteiger partial charge >= 0.3 is 11.9 Å². The Balaban J connectivity index is 2.97. The van der Waals surface area contributed by atoms with Crippen molar-refractivity contribution in [3.63, 3.8) is 0 Å². The van der Waals surface area contributed by atoms with Gasteiger partial charge in [0.1, 0.15) is 18.1 Å². The lowest BCUT2D eigenvalue weighted by atomic mass is 10.0. The van der Waals surface area contributed by atoms with E-state index in [1.165, 1.54) is 12.5 Å². The number of carbonyl (C=O) groups excluding carboxylic acids is 3. The van der Waals surface area contributed by atoms with Crippen molar-refractivity contribution in [1.29, 1.82) is 0 Å². The molecule has 4 unspecified atom stereocenters. The molecule has 0 spiro atoms. The lowest BCUT2D eigenvalue weighted by Crippen LogP contribution is -2.57. The summed E-state index contributed by atoms with van der Waals surface area (Å²) in [5.41, 5.74) is 17.4. The first kappa shape index (κ1) is 32.5. The number of nitrogens with zero attached hydrogens (tertiary/aromatic N) is 1. The average molecular weight is 541 g/mol. The minimum absolute atomic E-state index is 0.0656. The van der Waals surface area contributed by atoms with E-state index in [-0.39, 0.29) is 19.3 Å². The first-order chi connectivity index (χ1) is 18.1. The molecule has 214 valence electrons. The fourth-order valence-corrected chi connectivity index (χ4v) is 3.58. The monoisotopic (exact) mass is 540 g/mol. The molecule has 0 saturated carbocycles. The third-order valence-corrected chi connectivity index (χ3v) is 5.76. The first-order valence-electron chi connectivity index (χ1n) is 12.6. The number of aliphatic carboxylic acids is 2. The number of amides is 3. The van der Waals surface area contributed by atoms with E-state index in [2.05, 4.69) is 25.9 Å². The molecule has 0 saturated heterocycles. The Hall–Kier alpha value is -3.56. The van der Waals surface area contributed by atoms with Crippen LogP contribution in [0.25, 0.3) is 0 Å². The van der Waals surface area contributed by atoms with Crippen molar-refractivity contribution in [3.05, 3.63) is 18.2 Å². The molecule has 1 aromatic rings. The fraction of sp³-hybridized carbons (Fsp3) is 0.652. The summed E-state index contributed by atoms with van der Waals surface area (Å²) in [6, 6.07) is -4.65. The van der Waals surface area contributed by atoms with Gasteiger partial charge < -0.3 is 48.3 Å². The Labute approximate surface area is 220 Å². The Morgan fingerprint density at radius 1 is 0.816 bits per heavy atom. The van der Waals surface area contributed by atoms with Gasteiger partial charge in [-0.15, -0.1) is 0 Å². The summed E-state index contributed by atoms with van der Waals surface area (Å²) in [5, 5.41) is 26.1. The quantitative estimate of drug-likeness (QED) is 0.0811. The second-order valence-electron chi connectivity index (χ2n) is 8.91. The molecule has 38 heavy (non-hydrogen) atoms. The zero-order valence-corrected chi connectivity index (χ0v) is 21.4. The predicted octanol–water partition coefficient (Wildman–Crippen LogP) is -2.06. The zero-order valence-electron chi connectivity index (χ0n) is 21.4. The van der Waals surface area contributed by atoms with E-state index in [1.807, 2.05) is 0 Å². The molecule has 3 amide bonds. The molecule has 1 heterocycles. The predicted molar refractivity (Wildman–Crippen MR) is 136 cm³/mol. The van der Waals surface area contributed by atoms with E-state index >= 15 is 0 Å². The minimum Gasteiger partial charge on any atom is -0.481 e. The van der Waals surface area contributed by atoms with Crippen LogP contribution in [-0.2, 0) is 30.4 Å². The number of carbonyl (C=O) groups is 5. The number of nitrogens with one attached hydrogen (secondary N) is 4. The van der Waals surface area contributed by atoms with E-state index in [1.54, 1.807) is 0 Å². The van der Waals surface area contributed by atoms with Crippen molar-refractivity contribution < 1.29 is 34.2 Å². The van der Waals surface area contributed by atoms with Gasteiger partial charge in [-0.1, -0.05) is 6.42 Å². The average Bonchev–Trinajstić information content (AvgIpc) is 3.38. The second kappa shape index (κ2) is 17.8. The Morgan fingerprint density at radius 3 is 1.89 bits per heavy atom. The van der Waals surface area contributed by atoms with Gasteiger partial charge in [-0.2, -0.15) is 0 Å². The van der Waals surface area contributed by atoms with Gasteiger partial charge in [0.15, 0.2) is 0 Å². The molecule has 0 aliphatic heterocycles. The third kappa shape index (κ3) is 12.6. The molecule has 15 nitrogen and oxygen atoms in total. The zero-order chi connectivity index (χ0) is 28.5. The van der Waals surface area contributed by atoms with Crippen LogP contribution in [0.15, 0.2) is 12.5 Å². The summed E-state index contributed by atoms with van der Waals surface area (Å²) in [6.45, 7) is 0.787. The van der Waals surface area contributed by atoms with Gasteiger partial charge in [-0.3, -0.25) is 19.2 Å². The number of aromatic amines is 1. The molecule has 0 fully saturated rings. The maximum atomic E-state index is 13.1. The molecule has 15 heteroatoms. The Morgan fingerprint density at radius 2 is 1.37 bits per heavy atom. The largest absolute Gasteiger partial charge is 0.481 e. The number of nitrogens with two attached hydrogens (primary N) is 3. The fourth-order valence-electron chi connectivity index (χ4n) is 3.58. The van der Waals surface area contributed by atoms with Crippen LogP contribution in [0.1, 0.15) is 57.1 Å². The number of rotatable bonds is 20. The molecule has 1 aromatic heterocycles. The maximum Gasteiger partial charge on any atom is 0.326 e. The van der Waals surface area contributed by atoms with Crippen molar-refractivity contribution in [2.45, 2.75) is 82.0 Å². The summed E-state index contributed by atoms with van der Waals surface area (Å²) in [5.74, 6) is -4.63. The topological polar surface area (TPSA) is 269 Å². The SMILES string of the molecule is NCCCCC(N)C(=O)NC(CCC(=O)O)C(=O)NC(CCCCN)C(=O)NC(Cc1cnc[nH]1)C(=O)O. The maximum absolute atomic E-state index is 13.1. The molecule has 12 N–H and O–H groups in total. The standard InChI is InChI=1S/C23H40N8O7/c24-9-3-1-5-15(26)20(34)29-17(7-8-19(32)33)22(36)30-16(6-2-4-10-25)21(35)31-18(23(37)38)11-14-12-27-13-28-14/h12-13,15-18H,1-11,24-26H2,(H,27,28)(H,29,34)(H,30,36)(H,31,35)(H,32,33)(H,37,38).